The molecular weight excluding hydrogens is 244 g/mol. The number of carbonyl (C=O) groups excluding carboxylic acids is 1. The molecule has 2 N–H and O–H groups in total. The van der Waals surface area contributed by atoms with E-state index in [0.717, 1.165) is 5.56 Å². The fourth-order valence-corrected chi connectivity index (χ4v) is 2.27. The van der Waals surface area contributed by atoms with Gasteiger partial charge in [-0.05, 0) is 12.5 Å². The number of ether oxygens (including phenoxy) is 1. The van der Waals surface area contributed by atoms with Gasteiger partial charge in [0.2, 0.25) is 0 Å². The number of benzene rings is 1. The summed E-state index contributed by atoms with van der Waals surface area (Å²) in [7, 11) is 1.54. The molecule has 19 heavy (non-hydrogen) atoms. The summed E-state index contributed by atoms with van der Waals surface area (Å²) in [5.74, 6) is 0. The standard InChI is InChI=1S/C14H20N2O3/c1-10-4-3-5-11(6-10)7-15-14(18)16-8-12(17)13(9-16)19-2/h3-6,12-13,17H,7-9H2,1-2H3,(H,15,18). The zero-order valence-corrected chi connectivity index (χ0v) is 11.3. The lowest BCUT2D eigenvalue weighted by atomic mass is 10.1. The molecule has 1 aromatic carbocycles. The number of aryl methyl sites for hydroxylation is 1. The highest BCUT2D eigenvalue weighted by Crippen LogP contribution is 2.13. The molecule has 1 aromatic rings. The molecule has 2 amide bonds. The van der Waals surface area contributed by atoms with Gasteiger partial charge in [-0.25, -0.2) is 4.79 Å². The van der Waals surface area contributed by atoms with Crippen molar-refractivity contribution < 1.29 is 14.6 Å². The van der Waals surface area contributed by atoms with Crippen molar-refractivity contribution in [2.24, 2.45) is 0 Å². The molecule has 1 fully saturated rings. The first-order valence-corrected chi connectivity index (χ1v) is 6.39. The molecule has 0 saturated carbocycles. The Morgan fingerprint density at radius 2 is 2.32 bits per heavy atom. The Bertz CT molecular complexity index is 450. The Hall–Kier alpha value is -1.59. The Morgan fingerprint density at radius 1 is 1.53 bits per heavy atom. The predicted molar refractivity (Wildman–Crippen MR) is 71.8 cm³/mol. The SMILES string of the molecule is COC1CN(C(=O)NCc2cccc(C)c2)CC1O. The number of methoxy groups -OCH3 is 1. The molecule has 0 bridgehead atoms. The number of amides is 2. The maximum atomic E-state index is 12.0. The minimum absolute atomic E-state index is 0.167. The van der Waals surface area contributed by atoms with E-state index >= 15 is 0 Å². The van der Waals surface area contributed by atoms with Crippen LogP contribution in [0.1, 0.15) is 11.1 Å². The lowest BCUT2D eigenvalue weighted by molar-refractivity contribution is 0.0215. The fourth-order valence-electron chi connectivity index (χ4n) is 2.27. The van der Waals surface area contributed by atoms with Gasteiger partial charge in [0.05, 0.1) is 19.2 Å². The van der Waals surface area contributed by atoms with Crippen molar-refractivity contribution in [2.75, 3.05) is 20.2 Å². The third-order valence-electron chi connectivity index (χ3n) is 3.35. The van der Waals surface area contributed by atoms with Crippen LogP contribution in [0, 0.1) is 6.92 Å². The molecule has 5 nitrogen and oxygen atoms in total. The van der Waals surface area contributed by atoms with Crippen LogP contribution in [0.5, 0.6) is 0 Å². The van der Waals surface area contributed by atoms with Crippen molar-refractivity contribution in [2.45, 2.75) is 25.7 Å². The summed E-state index contributed by atoms with van der Waals surface area (Å²) in [4.78, 5) is 13.5. The van der Waals surface area contributed by atoms with Gasteiger partial charge in [-0.2, -0.15) is 0 Å². The second-order valence-corrected chi connectivity index (χ2v) is 4.89. The van der Waals surface area contributed by atoms with E-state index in [4.69, 9.17) is 4.74 Å². The van der Waals surface area contributed by atoms with Gasteiger partial charge in [-0.3, -0.25) is 0 Å². The van der Waals surface area contributed by atoms with Crippen LogP contribution in [0.4, 0.5) is 4.79 Å². The van der Waals surface area contributed by atoms with Crippen LogP contribution in [0.25, 0.3) is 0 Å². The molecule has 104 valence electrons. The van der Waals surface area contributed by atoms with Crippen molar-refractivity contribution in [3.05, 3.63) is 35.4 Å². The molecule has 5 heteroatoms. The number of aliphatic hydroxyl groups excluding tert-OH is 1. The molecule has 2 rings (SSSR count). The van der Waals surface area contributed by atoms with E-state index in [-0.39, 0.29) is 12.1 Å². The molecule has 2 unspecified atom stereocenters. The van der Waals surface area contributed by atoms with Crippen molar-refractivity contribution in [3.63, 3.8) is 0 Å². The smallest absolute Gasteiger partial charge is 0.317 e. The normalized spacial score (nSPS) is 22.6. The second kappa shape index (κ2) is 6.04. The topological polar surface area (TPSA) is 61.8 Å². The quantitative estimate of drug-likeness (QED) is 0.852. The first-order chi connectivity index (χ1) is 9.10. The van der Waals surface area contributed by atoms with Crippen LogP contribution in [-0.4, -0.2) is 48.4 Å². The minimum Gasteiger partial charge on any atom is -0.388 e. The minimum atomic E-state index is -0.602. The van der Waals surface area contributed by atoms with Gasteiger partial charge in [-0.15, -0.1) is 0 Å². The third kappa shape index (κ3) is 3.45. The van der Waals surface area contributed by atoms with Crippen LogP contribution in [0.3, 0.4) is 0 Å². The zero-order chi connectivity index (χ0) is 13.8. The number of nitrogens with zero attached hydrogens (tertiary/aromatic N) is 1. The van der Waals surface area contributed by atoms with E-state index in [1.165, 1.54) is 5.56 Å². The van der Waals surface area contributed by atoms with Crippen molar-refractivity contribution in [3.8, 4) is 0 Å². The van der Waals surface area contributed by atoms with E-state index in [9.17, 15) is 9.90 Å². The predicted octanol–water partition coefficient (Wildman–Crippen LogP) is 0.896. The van der Waals surface area contributed by atoms with E-state index in [1.807, 2.05) is 31.2 Å². The van der Waals surface area contributed by atoms with Crippen LogP contribution >= 0.6 is 0 Å². The number of nitrogens with one attached hydrogen (secondary N) is 1. The van der Waals surface area contributed by atoms with Crippen LogP contribution in [0.2, 0.25) is 0 Å². The molecule has 1 aliphatic heterocycles. The number of hydrogen-bond acceptors (Lipinski definition) is 3. The first kappa shape index (κ1) is 13.8. The summed E-state index contributed by atoms with van der Waals surface area (Å²) >= 11 is 0. The molecular formula is C14H20N2O3. The highest BCUT2D eigenvalue weighted by molar-refractivity contribution is 5.74. The van der Waals surface area contributed by atoms with Crippen molar-refractivity contribution in [1.82, 2.24) is 10.2 Å². The molecule has 1 saturated heterocycles. The molecule has 1 aliphatic rings. The van der Waals surface area contributed by atoms with E-state index < -0.39 is 6.10 Å². The highest BCUT2D eigenvalue weighted by atomic mass is 16.5. The van der Waals surface area contributed by atoms with E-state index in [2.05, 4.69) is 5.32 Å². The van der Waals surface area contributed by atoms with E-state index in [0.29, 0.717) is 19.6 Å². The van der Waals surface area contributed by atoms with Crippen LogP contribution in [-0.2, 0) is 11.3 Å². The molecule has 0 aromatic heterocycles. The fraction of sp³-hybridized carbons (Fsp3) is 0.500. The molecule has 1 heterocycles. The number of carbonyl (C=O) groups is 1. The van der Waals surface area contributed by atoms with Crippen LogP contribution < -0.4 is 5.32 Å². The van der Waals surface area contributed by atoms with Crippen LogP contribution in [0.15, 0.2) is 24.3 Å². The van der Waals surface area contributed by atoms with Crippen molar-refractivity contribution >= 4 is 6.03 Å². The number of hydrogen-bond donors (Lipinski definition) is 2. The van der Waals surface area contributed by atoms with Gasteiger partial charge in [0.25, 0.3) is 0 Å². The van der Waals surface area contributed by atoms with Gasteiger partial charge in [0, 0.05) is 13.7 Å². The Balaban J connectivity index is 1.85. The van der Waals surface area contributed by atoms with Gasteiger partial charge < -0.3 is 20.1 Å². The number of urea groups is 1. The number of aliphatic hydroxyl groups is 1. The summed E-state index contributed by atoms with van der Waals surface area (Å²) in [5, 5.41) is 12.5. The zero-order valence-electron chi connectivity index (χ0n) is 11.3. The number of β-amino-alcohol motifs (C(OH)–C–C–N with tert-alkyl or cyclic N) is 1. The highest BCUT2D eigenvalue weighted by Gasteiger charge is 2.33. The van der Waals surface area contributed by atoms with Crippen molar-refractivity contribution in [1.29, 1.82) is 0 Å². The molecule has 0 radical (unpaired) electrons. The maximum absolute atomic E-state index is 12.0. The summed E-state index contributed by atoms with van der Waals surface area (Å²) < 4.78 is 5.11. The summed E-state index contributed by atoms with van der Waals surface area (Å²) in [5.41, 5.74) is 2.24. The monoisotopic (exact) mass is 264 g/mol. The number of rotatable bonds is 3. The Morgan fingerprint density at radius 3 is 2.95 bits per heavy atom. The molecule has 0 aliphatic carbocycles. The summed E-state index contributed by atoms with van der Waals surface area (Å²) in [6.45, 7) is 3.26. The van der Waals surface area contributed by atoms with Gasteiger partial charge in [0.15, 0.2) is 0 Å². The second-order valence-electron chi connectivity index (χ2n) is 4.89. The van der Waals surface area contributed by atoms with Gasteiger partial charge in [0.1, 0.15) is 6.10 Å². The molecule has 0 spiro atoms. The summed E-state index contributed by atoms with van der Waals surface area (Å²) in [6.07, 6.45) is -0.889. The average Bonchev–Trinajstić information content (AvgIpc) is 2.77. The molecule has 2 atom stereocenters. The third-order valence-corrected chi connectivity index (χ3v) is 3.35. The van der Waals surface area contributed by atoms with E-state index in [1.54, 1.807) is 12.0 Å². The van der Waals surface area contributed by atoms with Gasteiger partial charge in [-0.1, -0.05) is 29.8 Å². The maximum Gasteiger partial charge on any atom is 0.317 e. The largest absolute Gasteiger partial charge is 0.388 e. The lowest BCUT2D eigenvalue weighted by Gasteiger charge is -2.16. The lowest BCUT2D eigenvalue weighted by Crippen LogP contribution is -2.38. The summed E-state index contributed by atoms with van der Waals surface area (Å²) in [6, 6.07) is 7.84. The first-order valence-electron chi connectivity index (χ1n) is 6.39. The number of likely N-dealkylation sites (tertiary alicyclic amines) is 1. The van der Waals surface area contributed by atoms with Gasteiger partial charge >= 0.3 is 6.03 Å². The average molecular weight is 264 g/mol. The Labute approximate surface area is 113 Å². The Kier molecular flexibility index (Phi) is 4.39.